The third kappa shape index (κ3) is 2.71. The van der Waals surface area contributed by atoms with Crippen LogP contribution in [0.25, 0.3) is 11.0 Å². The Morgan fingerprint density at radius 1 is 1.31 bits per heavy atom. The summed E-state index contributed by atoms with van der Waals surface area (Å²) in [5.74, 6) is -1.35. The van der Waals surface area contributed by atoms with Crippen LogP contribution in [0.2, 0.25) is 0 Å². The van der Waals surface area contributed by atoms with E-state index in [-0.39, 0.29) is 40.2 Å². The number of aromatic nitrogens is 2. The number of halogens is 3. The number of hydrogen-bond acceptors (Lipinski definition) is 3. The first-order chi connectivity index (χ1) is 12.2. The number of hydrogen-bond donors (Lipinski definition) is 1. The number of carbonyl (C=O) groups is 2. The molecule has 0 radical (unpaired) electrons. The molecule has 2 saturated heterocycles. The fraction of sp³-hybridized carbons (Fsp3) is 0.471. The molecule has 1 aromatic carbocycles. The van der Waals surface area contributed by atoms with E-state index in [0.29, 0.717) is 19.6 Å². The van der Waals surface area contributed by atoms with Gasteiger partial charge in [-0.2, -0.15) is 13.2 Å². The van der Waals surface area contributed by atoms with E-state index >= 15 is 0 Å². The maximum Gasteiger partial charge on any atom is 0.449 e. The van der Waals surface area contributed by atoms with Crippen molar-refractivity contribution in [2.45, 2.75) is 12.6 Å². The maximum atomic E-state index is 12.8. The molecular formula is C17H17F3N4O2. The number of alkyl halides is 3. The lowest BCUT2D eigenvalue weighted by Gasteiger charge is -2.30. The van der Waals surface area contributed by atoms with Crippen molar-refractivity contribution in [1.29, 1.82) is 0 Å². The molecule has 2 amide bonds. The Hall–Kier alpha value is -2.58. The highest BCUT2D eigenvalue weighted by molar-refractivity contribution is 5.98. The SMILES string of the molecule is CN1CC[C@@H]2CN(C(=O)c3ccc4nc(C(F)(F)F)[nH]c4c3)C[C@@H]2C1=O. The van der Waals surface area contributed by atoms with Crippen LogP contribution in [0.3, 0.4) is 0 Å². The van der Waals surface area contributed by atoms with Gasteiger partial charge in [-0.15, -0.1) is 0 Å². The lowest BCUT2D eigenvalue weighted by molar-refractivity contribution is -0.144. The number of nitrogens with one attached hydrogen (secondary N) is 1. The van der Waals surface area contributed by atoms with Gasteiger partial charge in [0, 0.05) is 32.2 Å². The number of likely N-dealkylation sites (tertiary alicyclic amines) is 2. The minimum Gasteiger partial charge on any atom is -0.345 e. The van der Waals surface area contributed by atoms with Gasteiger partial charge >= 0.3 is 6.18 Å². The third-order valence-corrected chi connectivity index (χ3v) is 5.25. The molecule has 2 fully saturated rings. The number of fused-ring (bicyclic) bond motifs is 2. The van der Waals surface area contributed by atoms with Crippen molar-refractivity contribution in [2.24, 2.45) is 11.8 Å². The summed E-state index contributed by atoms with van der Waals surface area (Å²) in [6, 6.07) is 4.26. The number of imidazole rings is 1. The normalized spacial score (nSPS) is 23.6. The Morgan fingerprint density at radius 2 is 2.08 bits per heavy atom. The van der Waals surface area contributed by atoms with Crippen LogP contribution >= 0.6 is 0 Å². The van der Waals surface area contributed by atoms with Gasteiger partial charge in [0.15, 0.2) is 0 Å². The van der Waals surface area contributed by atoms with Crippen LogP contribution in [-0.2, 0) is 11.0 Å². The van der Waals surface area contributed by atoms with Crippen LogP contribution < -0.4 is 0 Å². The number of nitrogens with zero attached hydrogens (tertiary/aromatic N) is 3. The Kier molecular flexibility index (Phi) is 3.71. The van der Waals surface area contributed by atoms with Crippen LogP contribution in [0, 0.1) is 11.8 Å². The first kappa shape index (κ1) is 16.9. The van der Waals surface area contributed by atoms with Crippen LogP contribution in [-0.4, -0.2) is 58.3 Å². The second kappa shape index (κ2) is 5.72. The van der Waals surface area contributed by atoms with Crippen LogP contribution in [0.4, 0.5) is 13.2 Å². The number of H-pyrrole nitrogens is 1. The monoisotopic (exact) mass is 366 g/mol. The number of amides is 2. The molecule has 0 spiro atoms. The minimum absolute atomic E-state index is 0.0513. The minimum atomic E-state index is -4.57. The average Bonchev–Trinajstić information content (AvgIpc) is 3.21. The molecule has 0 saturated carbocycles. The van der Waals surface area contributed by atoms with E-state index in [9.17, 15) is 22.8 Å². The molecule has 4 rings (SSSR count). The fourth-order valence-corrected chi connectivity index (χ4v) is 3.82. The first-order valence-electron chi connectivity index (χ1n) is 8.35. The third-order valence-electron chi connectivity index (χ3n) is 5.25. The van der Waals surface area contributed by atoms with Crippen molar-refractivity contribution in [3.63, 3.8) is 0 Å². The predicted octanol–water partition coefficient (Wildman–Crippen LogP) is 2.13. The Morgan fingerprint density at radius 3 is 2.81 bits per heavy atom. The summed E-state index contributed by atoms with van der Waals surface area (Å²) >= 11 is 0. The van der Waals surface area contributed by atoms with Crippen molar-refractivity contribution in [3.8, 4) is 0 Å². The molecule has 2 aromatic rings. The molecule has 2 atom stereocenters. The van der Waals surface area contributed by atoms with Gasteiger partial charge in [0.05, 0.1) is 17.0 Å². The lowest BCUT2D eigenvalue weighted by atomic mass is 9.88. The molecule has 1 N–H and O–H groups in total. The first-order valence-corrected chi connectivity index (χ1v) is 8.35. The topological polar surface area (TPSA) is 69.3 Å². The smallest absolute Gasteiger partial charge is 0.345 e. The summed E-state index contributed by atoms with van der Waals surface area (Å²) < 4.78 is 38.3. The molecule has 2 aliphatic heterocycles. The van der Waals surface area contributed by atoms with Crippen molar-refractivity contribution in [1.82, 2.24) is 19.8 Å². The number of piperidine rings is 1. The molecule has 1 aromatic heterocycles. The number of rotatable bonds is 1. The second-order valence-electron chi connectivity index (χ2n) is 6.94. The van der Waals surface area contributed by atoms with Crippen molar-refractivity contribution >= 4 is 22.8 Å². The molecule has 138 valence electrons. The maximum absolute atomic E-state index is 12.8. The van der Waals surface area contributed by atoms with Gasteiger partial charge in [0.25, 0.3) is 5.91 Å². The molecule has 0 bridgehead atoms. The summed E-state index contributed by atoms with van der Waals surface area (Å²) in [6.45, 7) is 1.53. The molecule has 3 heterocycles. The molecule has 0 unspecified atom stereocenters. The zero-order chi connectivity index (χ0) is 18.6. The van der Waals surface area contributed by atoms with E-state index < -0.39 is 12.0 Å². The Balaban J connectivity index is 1.58. The highest BCUT2D eigenvalue weighted by Gasteiger charge is 2.43. The molecule has 6 nitrogen and oxygen atoms in total. The highest BCUT2D eigenvalue weighted by atomic mass is 19.4. The van der Waals surface area contributed by atoms with Gasteiger partial charge in [-0.05, 0) is 30.5 Å². The summed E-state index contributed by atoms with van der Waals surface area (Å²) in [7, 11) is 1.76. The van der Waals surface area contributed by atoms with Crippen molar-refractivity contribution in [3.05, 3.63) is 29.6 Å². The van der Waals surface area contributed by atoms with Crippen LogP contribution in [0.5, 0.6) is 0 Å². The van der Waals surface area contributed by atoms with E-state index in [2.05, 4.69) is 9.97 Å². The number of benzene rings is 1. The highest BCUT2D eigenvalue weighted by Crippen LogP contribution is 2.33. The van der Waals surface area contributed by atoms with Gasteiger partial charge < -0.3 is 14.8 Å². The van der Waals surface area contributed by atoms with E-state index in [0.717, 1.165) is 6.42 Å². The van der Waals surface area contributed by atoms with Crippen molar-refractivity contribution in [2.75, 3.05) is 26.7 Å². The molecular weight excluding hydrogens is 349 g/mol. The second-order valence-corrected chi connectivity index (χ2v) is 6.94. The van der Waals surface area contributed by atoms with Crippen molar-refractivity contribution < 1.29 is 22.8 Å². The van der Waals surface area contributed by atoms with E-state index in [1.165, 1.54) is 18.2 Å². The zero-order valence-corrected chi connectivity index (χ0v) is 14.0. The summed E-state index contributed by atoms with van der Waals surface area (Å²) in [6.07, 6.45) is -3.72. The largest absolute Gasteiger partial charge is 0.449 e. The number of aromatic amines is 1. The van der Waals surface area contributed by atoms with Gasteiger partial charge in [-0.25, -0.2) is 4.98 Å². The molecule has 0 aliphatic carbocycles. The van der Waals surface area contributed by atoms with Crippen LogP contribution in [0.15, 0.2) is 18.2 Å². The van der Waals surface area contributed by atoms with Gasteiger partial charge in [0.2, 0.25) is 11.7 Å². The van der Waals surface area contributed by atoms with Gasteiger partial charge in [-0.1, -0.05) is 0 Å². The Bertz CT molecular complexity index is 892. The van der Waals surface area contributed by atoms with E-state index in [4.69, 9.17) is 0 Å². The Labute approximate surface area is 147 Å². The average molecular weight is 366 g/mol. The summed E-state index contributed by atoms with van der Waals surface area (Å²) in [5.41, 5.74) is 0.602. The zero-order valence-electron chi connectivity index (χ0n) is 14.0. The van der Waals surface area contributed by atoms with Gasteiger partial charge in [-0.3, -0.25) is 9.59 Å². The summed E-state index contributed by atoms with van der Waals surface area (Å²) in [5, 5.41) is 0. The molecule has 26 heavy (non-hydrogen) atoms. The van der Waals surface area contributed by atoms with E-state index in [1.807, 2.05) is 0 Å². The number of carbonyl (C=O) groups excluding carboxylic acids is 2. The molecule has 9 heteroatoms. The quantitative estimate of drug-likeness (QED) is 0.841. The predicted molar refractivity (Wildman–Crippen MR) is 86.2 cm³/mol. The lowest BCUT2D eigenvalue weighted by Crippen LogP contribution is -2.42. The van der Waals surface area contributed by atoms with Crippen LogP contribution in [0.1, 0.15) is 22.6 Å². The standard InChI is InChI=1S/C17H17F3N4O2/c1-23-5-4-10-7-24(8-11(10)15(23)26)14(25)9-2-3-12-13(6-9)22-16(21-12)17(18,19)20/h2-3,6,10-11H,4-5,7-8H2,1H3,(H,21,22)/t10-,11+/m1/s1. The molecule has 2 aliphatic rings. The van der Waals surface area contributed by atoms with E-state index in [1.54, 1.807) is 16.8 Å². The van der Waals surface area contributed by atoms with Gasteiger partial charge in [0.1, 0.15) is 0 Å². The fourth-order valence-electron chi connectivity index (χ4n) is 3.82. The summed E-state index contributed by atoms with van der Waals surface area (Å²) in [4.78, 5) is 34.0.